The first kappa shape index (κ1) is 17.1. The second kappa shape index (κ2) is 8.43. The molecule has 116 valence electrons. The van der Waals surface area contributed by atoms with Crippen LogP contribution in [0.5, 0.6) is 0 Å². The smallest absolute Gasteiger partial charge is 0.0431 e. The van der Waals surface area contributed by atoms with Gasteiger partial charge in [0.25, 0.3) is 0 Å². The minimum absolute atomic E-state index is 0.262. The average molecular weight is 330 g/mol. The quantitative estimate of drug-likeness (QED) is 0.607. The first-order valence-electron chi connectivity index (χ1n) is 7.69. The van der Waals surface area contributed by atoms with Crippen LogP contribution in [-0.4, -0.2) is 11.7 Å². The van der Waals surface area contributed by atoms with Gasteiger partial charge in [-0.05, 0) is 42.1 Å². The van der Waals surface area contributed by atoms with Crippen LogP contribution in [0, 0.1) is 0 Å². The van der Waals surface area contributed by atoms with E-state index in [1.165, 1.54) is 15.9 Å². The molecule has 2 rings (SSSR count). The predicted molar refractivity (Wildman–Crippen MR) is 101 cm³/mol. The molecule has 0 aromatic heterocycles. The molecular formula is C19H23OPS. The molecule has 0 atom stereocenters. The van der Waals surface area contributed by atoms with Crippen molar-refractivity contribution in [2.24, 2.45) is 0 Å². The molecule has 0 spiro atoms. The Morgan fingerprint density at radius 3 is 1.91 bits per heavy atom. The van der Waals surface area contributed by atoms with Crippen LogP contribution in [0.15, 0.2) is 72.1 Å². The van der Waals surface area contributed by atoms with Crippen molar-refractivity contribution in [1.29, 1.82) is 0 Å². The Balaban J connectivity index is 2.41. The maximum Gasteiger partial charge on any atom is 0.0431 e. The van der Waals surface area contributed by atoms with E-state index in [9.17, 15) is 0 Å². The lowest BCUT2D eigenvalue weighted by molar-refractivity contribution is 0.285. The fourth-order valence-electron chi connectivity index (χ4n) is 2.53. The lowest BCUT2D eigenvalue weighted by Crippen LogP contribution is -2.16. The van der Waals surface area contributed by atoms with Crippen LogP contribution in [0.25, 0.3) is 0 Å². The topological polar surface area (TPSA) is 20.2 Å². The zero-order chi connectivity index (χ0) is 15.8. The van der Waals surface area contributed by atoms with Gasteiger partial charge in [-0.25, -0.2) is 0 Å². The van der Waals surface area contributed by atoms with Gasteiger partial charge in [0.1, 0.15) is 0 Å². The third kappa shape index (κ3) is 3.95. The van der Waals surface area contributed by atoms with E-state index in [1.807, 2.05) is 12.1 Å². The summed E-state index contributed by atoms with van der Waals surface area (Å²) < 4.78 is 0. The van der Waals surface area contributed by atoms with E-state index in [0.29, 0.717) is 0 Å². The summed E-state index contributed by atoms with van der Waals surface area (Å²) in [6.07, 6.45) is 5.11. The number of benzene rings is 2. The number of hydrogen-bond acceptors (Lipinski definition) is 2. The van der Waals surface area contributed by atoms with Crippen LogP contribution < -0.4 is 10.6 Å². The fourth-order valence-corrected chi connectivity index (χ4v) is 6.16. The molecule has 0 aliphatic rings. The van der Waals surface area contributed by atoms with E-state index >= 15 is 0 Å². The molecule has 0 saturated carbocycles. The van der Waals surface area contributed by atoms with Crippen molar-refractivity contribution in [3.05, 3.63) is 72.1 Å². The van der Waals surface area contributed by atoms with Crippen molar-refractivity contribution in [3.8, 4) is 0 Å². The van der Waals surface area contributed by atoms with Crippen LogP contribution in [0.1, 0.15) is 26.2 Å². The Morgan fingerprint density at radius 2 is 1.45 bits per heavy atom. The molecule has 0 bridgehead atoms. The molecule has 1 N–H and O–H groups in total. The summed E-state index contributed by atoms with van der Waals surface area (Å²) in [4.78, 5) is 0. The summed E-state index contributed by atoms with van der Waals surface area (Å²) in [5, 5.41) is 12.7. The molecule has 3 heteroatoms. The highest BCUT2D eigenvalue weighted by Crippen LogP contribution is 2.51. The molecular weight excluding hydrogens is 307 g/mol. The maximum absolute atomic E-state index is 8.91. The SMILES string of the molecule is C/C(=C\CCCCO)P(=S)(c1ccccc1)c1ccccc1. The third-order valence-electron chi connectivity index (χ3n) is 3.79. The summed E-state index contributed by atoms with van der Waals surface area (Å²) in [7, 11) is 0. The Hall–Kier alpha value is -1.21. The molecule has 0 unspecified atom stereocenters. The highest BCUT2D eigenvalue weighted by molar-refractivity contribution is 8.23. The standard InChI is InChI=1S/C19H23OPS/c1-17(11-5-4-10-16-20)21(22,18-12-6-2-7-13-18)19-14-8-3-9-15-19/h2-3,6-9,11-15,20H,4-5,10,16H2,1H3/b17-11+. The van der Waals surface area contributed by atoms with Gasteiger partial charge in [-0.2, -0.15) is 0 Å². The minimum Gasteiger partial charge on any atom is -0.396 e. The second-order valence-corrected chi connectivity index (χ2v) is 9.95. The summed E-state index contributed by atoms with van der Waals surface area (Å²) >= 11 is 6.23. The van der Waals surface area contributed by atoms with Gasteiger partial charge in [0.15, 0.2) is 0 Å². The maximum atomic E-state index is 8.91. The van der Waals surface area contributed by atoms with Crippen molar-refractivity contribution in [1.82, 2.24) is 0 Å². The lowest BCUT2D eigenvalue weighted by Gasteiger charge is -2.24. The van der Waals surface area contributed by atoms with Gasteiger partial charge in [0, 0.05) is 12.6 Å². The zero-order valence-electron chi connectivity index (χ0n) is 13.0. The largest absolute Gasteiger partial charge is 0.396 e. The summed E-state index contributed by atoms with van der Waals surface area (Å²) in [5.41, 5.74) is 0. The van der Waals surface area contributed by atoms with Gasteiger partial charge >= 0.3 is 0 Å². The van der Waals surface area contributed by atoms with Crippen LogP contribution in [0.3, 0.4) is 0 Å². The summed E-state index contributed by atoms with van der Waals surface area (Å²) in [5.74, 6) is 0. The summed E-state index contributed by atoms with van der Waals surface area (Å²) in [6, 6.07) is 19.0. The Morgan fingerprint density at radius 1 is 0.955 bits per heavy atom. The average Bonchev–Trinajstić information content (AvgIpc) is 2.59. The molecule has 0 aliphatic heterocycles. The molecule has 2 aromatic rings. The molecule has 0 saturated heterocycles. The monoisotopic (exact) mass is 330 g/mol. The number of aliphatic hydroxyl groups is 1. The molecule has 22 heavy (non-hydrogen) atoms. The van der Waals surface area contributed by atoms with Crippen molar-refractivity contribution < 1.29 is 5.11 Å². The lowest BCUT2D eigenvalue weighted by atomic mass is 10.2. The van der Waals surface area contributed by atoms with Crippen molar-refractivity contribution >= 4 is 28.5 Å². The van der Waals surface area contributed by atoms with Crippen LogP contribution in [0.2, 0.25) is 0 Å². The van der Waals surface area contributed by atoms with E-state index in [4.69, 9.17) is 16.9 Å². The molecule has 0 aliphatic carbocycles. The minimum atomic E-state index is -1.93. The van der Waals surface area contributed by atoms with Gasteiger partial charge < -0.3 is 5.11 Å². The van der Waals surface area contributed by atoms with Crippen molar-refractivity contribution in [2.75, 3.05) is 6.61 Å². The van der Waals surface area contributed by atoms with E-state index < -0.39 is 6.04 Å². The molecule has 0 fully saturated rings. The Labute approximate surface area is 138 Å². The fraction of sp³-hybridized carbons (Fsp3) is 0.263. The molecule has 1 nitrogen and oxygen atoms in total. The van der Waals surface area contributed by atoms with Crippen molar-refractivity contribution in [2.45, 2.75) is 26.2 Å². The van der Waals surface area contributed by atoms with Crippen LogP contribution in [0.4, 0.5) is 0 Å². The normalized spacial score (nSPS) is 12.4. The molecule has 2 aromatic carbocycles. The van der Waals surface area contributed by atoms with Gasteiger partial charge in [-0.3, -0.25) is 0 Å². The molecule has 0 heterocycles. The highest BCUT2D eigenvalue weighted by atomic mass is 32.4. The number of allylic oxidation sites excluding steroid dienone is 2. The predicted octanol–water partition coefficient (Wildman–Crippen LogP) is 4.18. The zero-order valence-corrected chi connectivity index (χ0v) is 14.7. The summed E-state index contributed by atoms with van der Waals surface area (Å²) in [6.45, 7) is 2.43. The first-order valence-corrected chi connectivity index (χ1v) is 10.5. The van der Waals surface area contributed by atoms with E-state index in [1.54, 1.807) is 0 Å². The van der Waals surface area contributed by atoms with Crippen molar-refractivity contribution in [3.63, 3.8) is 0 Å². The number of aliphatic hydroxyl groups excluding tert-OH is 1. The number of rotatable bonds is 7. The Kier molecular flexibility index (Phi) is 6.57. The third-order valence-corrected chi connectivity index (χ3v) is 9.14. The van der Waals surface area contributed by atoms with E-state index in [2.05, 4.69) is 61.5 Å². The Bertz CT molecular complexity index is 606. The highest BCUT2D eigenvalue weighted by Gasteiger charge is 2.23. The second-order valence-electron chi connectivity index (χ2n) is 5.35. The number of unbranched alkanes of at least 4 members (excludes halogenated alkanes) is 2. The van der Waals surface area contributed by atoms with Gasteiger partial charge in [-0.1, -0.05) is 78.5 Å². The number of hydrogen-bond donors (Lipinski definition) is 1. The van der Waals surface area contributed by atoms with E-state index in [0.717, 1.165) is 19.3 Å². The van der Waals surface area contributed by atoms with Gasteiger partial charge in [0.2, 0.25) is 0 Å². The van der Waals surface area contributed by atoms with Gasteiger partial charge in [-0.15, -0.1) is 0 Å². The van der Waals surface area contributed by atoms with Crippen LogP contribution in [-0.2, 0) is 11.8 Å². The van der Waals surface area contributed by atoms with Crippen LogP contribution >= 0.6 is 6.04 Å². The van der Waals surface area contributed by atoms with Gasteiger partial charge in [0.05, 0.1) is 0 Å². The first-order chi connectivity index (χ1) is 10.7. The molecule has 0 amide bonds. The molecule has 0 radical (unpaired) electrons. The van der Waals surface area contributed by atoms with E-state index in [-0.39, 0.29) is 6.61 Å².